The monoisotopic (exact) mass is 275 g/mol. The van der Waals surface area contributed by atoms with Gasteiger partial charge in [0.2, 0.25) is 0 Å². The van der Waals surface area contributed by atoms with Gasteiger partial charge in [-0.05, 0) is 43.9 Å². The number of thiocarbonyl (C=S) groups is 1. The summed E-state index contributed by atoms with van der Waals surface area (Å²) in [4.78, 5) is 4.64. The van der Waals surface area contributed by atoms with Crippen LogP contribution >= 0.6 is 12.2 Å². The third-order valence-corrected chi connectivity index (χ3v) is 3.73. The number of halogens is 1. The molecule has 3 rings (SSSR count). The van der Waals surface area contributed by atoms with Gasteiger partial charge in [-0.15, -0.1) is 0 Å². The molecule has 0 fully saturated rings. The average Bonchev–Trinajstić information content (AvgIpc) is 2.82. The van der Waals surface area contributed by atoms with Gasteiger partial charge in [-0.25, -0.2) is 9.37 Å². The first kappa shape index (κ1) is 12.3. The Balaban J connectivity index is 2.17. The maximum absolute atomic E-state index is 13.3. The van der Waals surface area contributed by atoms with Gasteiger partial charge in [0, 0.05) is 11.3 Å². The Labute approximate surface area is 116 Å². The van der Waals surface area contributed by atoms with E-state index in [9.17, 15) is 4.39 Å². The van der Waals surface area contributed by atoms with Crippen LogP contribution in [0.4, 0.5) is 4.39 Å². The molecule has 0 unspecified atom stereocenters. The molecular weight excluding hydrogens is 261 g/mol. The Morgan fingerprint density at radius 2 is 2.11 bits per heavy atom. The normalized spacial score (nSPS) is 14.2. The molecule has 3 nitrogen and oxygen atoms in total. The summed E-state index contributed by atoms with van der Waals surface area (Å²) in [6.07, 6.45) is 6.11. The molecule has 2 aromatic rings. The van der Waals surface area contributed by atoms with E-state index in [0.717, 1.165) is 30.6 Å². The van der Waals surface area contributed by atoms with E-state index in [1.807, 2.05) is 4.57 Å². The van der Waals surface area contributed by atoms with E-state index in [1.54, 1.807) is 12.4 Å². The lowest BCUT2D eigenvalue weighted by Gasteiger charge is -2.16. The molecule has 1 aliphatic rings. The highest BCUT2D eigenvalue weighted by atomic mass is 32.1. The van der Waals surface area contributed by atoms with Crippen molar-refractivity contribution in [3.05, 3.63) is 47.3 Å². The minimum Gasteiger partial charge on any atom is -0.389 e. The summed E-state index contributed by atoms with van der Waals surface area (Å²) in [5.74, 6) is -0.333. The van der Waals surface area contributed by atoms with Crippen molar-refractivity contribution in [2.24, 2.45) is 5.73 Å². The fourth-order valence-corrected chi connectivity index (χ4v) is 2.76. The maximum atomic E-state index is 13.3. The van der Waals surface area contributed by atoms with Crippen LogP contribution in [0.15, 0.2) is 24.5 Å². The van der Waals surface area contributed by atoms with E-state index < -0.39 is 0 Å². The zero-order chi connectivity index (χ0) is 13.4. The van der Waals surface area contributed by atoms with Gasteiger partial charge in [0.05, 0.1) is 17.7 Å². The Morgan fingerprint density at radius 3 is 2.89 bits per heavy atom. The minimum absolute atomic E-state index is 0.202. The van der Waals surface area contributed by atoms with Gasteiger partial charge in [0.15, 0.2) is 0 Å². The quantitative estimate of drug-likeness (QED) is 0.857. The number of hydrogen-bond donors (Lipinski definition) is 1. The van der Waals surface area contributed by atoms with E-state index in [4.69, 9.17) is 18.0 Å². The van der Waals surface area contributed by atoms with Crippen LogP contribution in [-0.2, 0) is 12.8 Å². The molecule has 1 aromatic carbocycles. The molecule has 0 atom stereocenters. The SMILES string of the molecule is NC(=S)c1cc(F)ccc1-n1cnc2c1CCCC2. The van der Waals surface area contributed by atoms with Crippen molar-refractivity contribution in [3.8, 4) is 5.69 Å². The molecule has 0 aliphatic heterocycles. The summed E-state index contributed by atoms with van der Waals surface area (Å²) in [6, 6.07) is 4.51. The number of imidazole rings is 1. The summed E-state index contributed by atoms with van der Waals surface area (Å²) in [6.45, 7) is 0. The van der Waals surface area contributed by atoms with Gasteiger partial charge in [-0.2, -0.15) is 0 Å². The van der Waals surface area contributed by atoms with Crippen LogP contribution in [0.2, 0.25) is 0 Å². The zero-order valence-corrected chi connectivity index (χ0v) is 11.2. The third kappa shape index (κ3) is 2.14. The van der Waals surface area contributed by atoms with Crippen LogP contribution in [0, 0.1) is 5.82 Å². The maximum Gasteiger partial charge on any atom is 0.124 e. The predicted molar refractivity (Wildman–Crippen MR) is 76.1 cm³/mol. The molecule has 1 aromatic heterocycles. The number of aryl methyl sites for hydroxylation is 1. The van der Waals surface area contributed by atoms with E-state index in [0.29, 0.717) is 5.56 Å². The first-order valence-corrected chi connectivity index (χ1v) is 6.72. The van der Waals surface area contributed by atoms with Crippen LogP contribution in [0.25, 0.3) is 5.69 Å². The van der Waals surface area contributed by atoms with E-state index in [1.165, 1.54) is 24.2 Å². The standard InChI is InChI=1S/C14H14FN3S/c15-9-5-6-12(10(7-9)14(16)19)18-8-17-11-3-1-2-4-13(11)18/h5-8H,1-4H2,(H2,16,19). The largest absolute Gasteiger partial charge is 0.389 e. The minimum atomic E-state index is -0.333. The van der Waals surface area contributed by atoms with E-state index in [-0.39, 0.29) is 10.8 Å². The van der Waals surface area contributed by atoms with Crippen LogP contribution < -0.4 is 5.73 Å². The summed E-state index contributed by atoms with van der Waals surface area (Å²) in [7, 11) is 0. The molecule has 2 N–H and O–H groups in total. The van der Waals surface area contributed by atoms with Crippen molar-refractivity contribution >= 4 is 17.2 Å². The highest BCUT2D eigenvalue weighted by Crippen LogP contribution is 2.25. The third-order valence-electron chi connectivity index (χ3n) is 3.51. The van der Waals surface area contributed by atoms with Crippen LogP contribution in [0.5, 0.6) is 0 Å². The zero-order valence-electron chi connectivity index (χ0n) is 10.4. The van der Waals surface area contributed by atoms with Crippen LogP contribution in [0.3, 0.4) is 0 Å². The van der Waals surface area contributed by atoms with Gasteiger partial charge in [0.25, 0.3) is 0 Å². The van der Waals surface area contributed by atoms with E-state index in [2.05, 4.69) is 4.98 Å². The van der Waals surface area contributed by atoms with Crippen molar-refractivity contribution < 1.29 is 4.39 Å². The fourth-order valence-electron chi connectivity index (χ4n) is 2.59. The molecular formula is C14H14FN3S. The molecule has 19 heavy (non-hydrogen) atoms. The Bertz CT molecular complexity index is 648. The highest BCUT2D eigenvalue weighted by molar-refractivity contribution is 7.80. The predicted octanol–water partition coefficient (Wildman–Crippen LogP) is 2.52. The summed E-state index contributed by atoms with van der Waals surface area (Å²) >= 11 is 5.02. The summed E-state index contributed by atoms with van der Waals surface area (Å²) < 4.78 is 15.3. The number of hydrogen-bond acceptors (Lipinski definition) is 2. The van der Waals surface area contributed by atoms with Crippen molar-refractivity contribution in [2.45, 2.75) is 25.7 Å². The Morgan fingerprint density at radius 1 is 1.32 bits per heavy atom. The van der Waals surface area contributed by atoms with Crippen molar-refractivity contribution in [3.63, 3.8) is 0 Å². The molecule has 98 valence electrons. The van der Waals surface area contributed by atoms with E-state index >= 15 is 0 Å². The van der Waals surface area contributed by atoms with Crippen LogP contribution in [-0.4, -0.2) is 14.5 Å². The second-order valence-corrected chi connectivity index (χ2v) is 5.18. The molecule has 1 aliphatic carbocycles. The summed E-state index contributed by atoms with van der Waals surface area (Å²) in [5, 5.41) is 0. The molecule has 0 radical (unpaired) electrons. The van der Waals surface area contributed by atoms with Crippen molar-refractivity contribution in [2.75, 3.05) is 0 Å². The number of benzene rings is 1. The molecule has 1 heterocycles. The van der Waals surface area contributed by atoms with Crippen molar-refractivity contribution in [1.82, 2.24) is 9.55 Å². The lowest BCUT2D eigenvalue weighted by atomic mass is 10.0. The number of rotatable bonds is 2. The second kappa shape index (κ2) is 4.74. The van der Waals surface area contributed by atoms with Gasteiger partial charge in [-0.3, -0.25) is 0 Å². The molecule has 0 amide bonds. The van der Waals surface area contributed by atoms with Gasteiger partial charge in [-0.1, -0.05) is 12.2 Å². The molecule has 0 saturated heterocycles. The van der Waals surface area contributed by atoms with Crippen molar-refractivity contribution in [1.29, 1.82) is 0 Å². The lowest BCUT2D eigenvalue weighted by molar-refractivity contribution is 0.626. The fraction of sp³-hybridized carbons (Fsp3) is 0.286. The molecule has 0 spiro atoms. The Kier molecular flexibility index (Phi) is 3.06. The Hall–Kier alpha value is -1.75. The molecule has 0 bridgehead atoms. The smallest absolute Gasteiger partial charge is 0.124 e. The average molecular weight is 275 g/mol. The first-order valence-electron chi connectivity index (χ1n) is 6.31. The van der Waals surface area contributed by atoms with Gasteiger partial charge in [0.1, 0.15) is 10.8 Å². The van der Waals surface area contributed by atoms with Crippen LogP contribution in [0.1, 0.15) is 29.8 Å². The summed E-state index contributed by atoms with van der Waals surface area (Å²) in [5.41, 5.74) is 9.38. The van der Waals surface area contributed by atoms with Gasteiger partial charge >= 0.3 is 0 Å². The first-order chi connectivity index (χ1) is 9.16. The number of nitrogens with two attached hydrogens (primary N) is 1. The number of aromatic nitrogens is 2. The lowest BCUT2D eigenvalue weighted by Crippen LogP contribution is -2.15. The highest BCUT2D eigenvalue weighted by Gasteiger charge is 2.18. The number of nitrogens with zero attached hydrogens (tertiary/aromatic N) is 2. The second-order valence-electron chi connectivity index (χ2n) is 4.74. The molecule has 0 saturated carbocycles. The molecule has 5 heteroatoms. The van der Waals surface area contributed by atoms with Gasteiger partial charge < -0.3 is 10.3 Å². The number of fused-ring (bicyclic) bond motifs is 1. The topological polar surface area (TPSA) is 43.8 Å².